The number of halogens is 1. The third-order valence-corrected chi connectivity index (χ3v) is 3.70. The Morgan fingerprint density at radius 3 is 2.56 bits per heavy atom. The molecule has 6 nitrogen and oxygen atoms in total. The number of fused-ring (bicyclic) bond motifs is 1. The molecule has 0 atom stereocenters. The topological polar surface area (TPSA) is 79.3 Å². The molecule has 1 aromatic carbocycles. The van der Waals surface area contributed by atoms with Crippen molar-refractivity contribution < 1.29 is 4.79 Å². The minimum absolute atomic E-state index is 0.176. The van der Waals surface area contributed by atoms with Crippen molar-refractivity contribution in [1.29, 1.82) is 0 Å². The molecule has 0 unspecified atom stereocenters. The van der Waals surface area contributed by atoms with E-state index in [1.165, 1.54) is 6.92 Å². The summed E-state index contributed by atoms with van der Waals surface area (Å²) in [7, 11) is 0. The van der Waals surface area contributed by atoms with Crippen LogP contribution in [-0.2, 0) is 4.79 Å². The van der Waals surface area contributed by atoms with E-state index in [-0.39, 0.29) is 5.91 Å². The average Bonchev–Trinajstić information content (AvgIpc) is 2.56. The number of anilines is 2. The van der Waals surface area contributed by atoms with Crippen LogP contribution in [0.3, 0.4) is 0 Å². The number of nitrogens with one attached hydrogen (secondary N) is 2. The molecular weight excluding hydrogens is 338 g/mol. The Kier molecular flexibility index (Phi) is 4.90. The van der Waals surface area contributed by atoms with Crippen molar-refractivity contribution in [2.24, 2.45) is 5.10 Å². The van der Waals surface area contributed by atoms with Crippen LogP contribution in [0.1, 0.15) is 18.1 Å². The summed E-state index contributed by atoms with van der Waals surface area (Å²) in [6.07, 6.45) is 1.68. The van der Waals surface area contributed by atoms with Gasteiger partial charge in [-0.1, -0.05) is 23.7 Å². The lowest BCUT2D eigenvalue weighted by atomic mass is 10.2. The van der Waals surface area contributed by atoms with E-state index in [1.807, 2.05) is 31.2 Å². The first-order valence-corrected chi connectivity index (χ1v) is 8.00. The van der Waals surface area contributed by atoms with Gasteiger partial charge in [-0.25, -0.2) is 9.97 Å². The van der Waals surface area contributed by atoms with Gasteiger partial charge in [0.05, 0.1) is 6.21 Å². The fraction of sp³-hybridized carbons (Fsp3) is 0.111. The molecule has 2 N–H and O–H groups in total. The number of hydrazone groups is 1. The van der Waals surface area contributed by atoms with Crippen molar-refractivity contribution in [2.75, 3.05) is 10.7 Å². The van der Waals surface area contributed by atoms with Gasteiger partial charge in [0, 0.05) is 17.3 Å². The van der Waals surface area contributed by atoms with Crippen molar-refractivity contribution in [2.45, 2.75) is 13.8 Å². The minimum atomic E-state index is -0.176. The normalized spacial score (nSPS) is 11.0. The Labute approximate surface area is 149 Å². The number of carbonyl (C=O) groups is 1. The minimum Gasteiger partial charge on any atom is -0.311 e. The number of rotatable bonds is 4. The van der Waals surface area contributed by atoms with Crippen LogP contribution in [0.2, 0.25) is 5.02 Å². The SMILES string of the molecule is CC(=O)Nc1ccc2c(C)cc(N/N=C/c3ccc(Cl)cc3)nc2n1. The standard InChI is InChI=1S/C18H16ClN5O/c1-11-9-17(24-20-10-13-3-5-14(19)6-4-13)23-18-15(11)7-8-16(22-18)21-12(2)25/h3-10H,1-2H3,(H2,21,22,23,24,25)/b20-10+. The van der Waals surface area contributed by atoms with Crippen LogP contribution in [0.5, 0.6) is 0 Å². The fourth-order valence-corrected chi connectivity index (χ4v) is 2.43. The first-order valence-electron chi connectivity index (χ1n) is 7.62. The molecule has 2 aromatic heterocycles. The fourth-order valence-electron chi connectivity index (χ4n) is 2.30. The van der Waals surface area contributed by atoms with Crippen molar-refractivity contribution >= 4 is 46.4 Å². The molecule has 7 heteroatoms. The summed E-state index contributed by atoms with van der Waals surface area (Å²) in [6.45, 7) is 3.41. The monoisotopic (exact) mass is 353 g/mol. The van der Waals surface area contributed by atoms with Gasteiger partial charge in [-0.05, 0) is 48.4 Å². The Balaban J connectivity index is 1.83. The zero-order valence-electron chi connectivity index (χ0n) is 13.7. The van der Waals surface area contributed by atoms with Crippen molar-refractivity contribution in [1.82, 2.24) is 9.97 Å². The predicted octanol–water partition coefficient (Wildman–Crippen LogP) is 4.00. The number of carbonyl (C=O) groups excluding carboxylic acids is 1. The Hall–Kier alpha value is -2.99. The van der Waals surface area contributed by atoms with E-state index < -0.39 is 0 Å². The quantitative estimate of drug-likeness (QED) is 0.549. The van der Waals surface area contributed by atoms with Gasteiger partial charge >= 0.3 is 0 Å². The Morgan fingerprint density at radius 2 is 1.84 bits per heavy atom. The van der Waals surface area contributed by atoms with Gasteiger partial charge < -0.3 is 5.32 Å². The Bertz CT molecular complexity index is 954. The van der Waals surface area contributed by atoms with Crippen LogP contribution in [-0.4, -0.2) is 22.1 Å². The third kappa shape index (κ3) is 4.30. The lowest BCUT2D eigenvalue weighted by molar-refractivity contribution is -0.114. The smallest absolute Gasteiger partial charge is 0.222 e. The van der Waals surface area contributed by atoms with Crippen LogP contribution in [0.4, 0.5) is 11.6 Å². The van der Waals surface area contributed by atoms with Gasteiger partial charge in [0.2, 0.25) is 5.91 Å². The van der Waals surface area contributed by atoms with Gasteiger partial charge in [-0.2, -0.15) is 5.10 Å². The summed E-state index contributed by atoms with van der Waals surface area (Å²) in [5.74, 6) is 0.863. The predicted molar refractivity (Wildman–Crippen MR) is 101 cm³/mol. The largest absolute Gasteiger partial charge is 0.311 e. The van der Waals surface area contributed by atoms with Gasteiger partial charge in [0.1, 0.15) is 11.6 Å². The zero-order valence-corrected chi connectivity index (χ0v) is 14.5. The highest BCUT2D eigenvalue weighted by Crippen LogP contribution is 2.20. The van der Waals surface area contributed by atoms with E-state index in [1.54, 1.807) is 24.4 Å². The number of pyridine rings is 2. The maximum atomic E-state index is 11.2. The van der Waals surface area contributed by atoms with E-state index in [0.29, 0.717) is 22.3 Å². The first-order chi connectivity index (χ1) is 12.0. The van der Waals surface area contributed by atoms with Gasteiger partial charge in [-0.15, -0.1) is 0 Å². The van der Waals surface area contributed by atoms with Crippen LogP contribution in [0.25, 0.3) is 11.0 Å². The molecule has 1 amide bonds. The van der Waals surface area contributed by atoms with Crippen LogP contribution < -0.4 is 10.7 Å². The lowest BCUT2D eigenvalue weighted by Crippen LogP contribution is -2.07. The molecule has 0 aliphatic heterocycles. The average molecular weight is 354 g/mol. The highest BCUT2D eigenvalue weighted by molar-refractivity contribution is 6.30. The highest BCUT2D eigenvalue weighted by atomic mass is 35.5. The summed E-state index contributed by atoms with van der Waals surface area (Å²) in [6, 6.07) is 12.9. The first kappa shape index (κ1) is 16.9. The third-order valence-electron chi connectivity index (χ3n) is 3.45. The molecular formula is C18H16ClN5O. The number of aryl methyl sites for hydroxylation is 1. The molecule has 126 valence electrons. The van der Waals surface area contributed by atoms with Crippen molar-refractivity contribution in [3.8, 4) is 0 Å². The van der Waals surface area contributed by atoms with Gasteiger partial charge in [0.15, 0.2) is 5.65 Å². The van der Waals surface area contributed by atoms with E-state index in [0.717, 1.165) is 16.5 Å². The molecule has 0 saturated heterocycles. The Morgan fingerprint density at radius 1 is 1.12 bits per heavy atom. The molecule has 0 aliphatic rings. The summed E-state index contributed by atoms with van der Waals surface area (Å²) < 4.78 is 0. The van der Waals surface area contributed by atoms with E-state index in [2.05, 4.69) is 25.8 Å². The number of aromatic nitrogens is 2. The molecule has 0 radical (unpaired) electrons. The summed E-state index contributed by atoms with van der Waals surface area (Å²) in [5.41, 5.74) is 5.36. The summed E-state index contributed by atoms with van der Waals surface area (Å²) in [5, 5.41) is 8.43. The van der Waals surface area contributed by atoms with E-state index in [4.69, 9.17) is 11.6 Å². The maximum absolute atomic E-state index is 11.2. The number of nitrogens with zero attached hydrogens (tertiary/aromatic N) is 3. The van der Waals surface area contributed by atoms with Crippen LogP contribution in [0, 0.1) is 6.92 Å². The highest BCUT2D eigenvalue weighted by Gasteiger charge is 2.06. The zero-order chi connectivity index (χ0) is 17.8. The summed E-state index contributed by atoms with van der Waals surface area (Å²) >= 11 is 5.86. The molecule has 0 bridgehead atoms. The van der Waals surface area contributed by atoms with E-state index >= 15 is 0 Å². The second-order valence-corrected chi connectivity index (χ2v) is 5.93. The second kappa shape index (κ2) is 7.27. The molecule has 0 spiro atoms. The molecule has 25 heavy (non-hydrogen) atoms. The lowest BCUT2D eigenvalue weighted by Gasteiger charge is -2.07. The summed E-state index contributed by atoms with van der Waals surface area (Å²) in [4.78, 5) is 20.0. The number of amides is 1. The molecule has 3 rings (SSSR count). The molecule has 0 aliphatic carbocycles. The van der Waals surface area contributed by atoms with Crippen molar-refractivity contribution in [3.05, 3.63) is 58.6 Å². The van der Waals surface area contributed by atoms with Gasteiger partial charge in [-0.3, -0.25) is 10.2 Å². The number of benzene rings is 1. The second-order valence-electron chi connectivity index (χ2n) is 5.49. The number of hydrogen-bond acceptors (Lipinski definition) is 5. The molecule has 0 fully saturated rings. The van der Waals surface area contributed by atoms with Gasteiger partial charge in [0.25, 0.3) is 0 Å². The maximum Gasteiger partial charge on any atom is 0.222 e. The number of hydrogen-bond donors (Lipinski definition) is 2. The van der Waals surface area contributed by atoms with Crippen LogP contribution >= 0.6 is 11.6 Å². The molecule has 3 aromatic rings. The van der Waals surface area contributed by atoms with Crippen molar-refractivity contribution in [3.63, 3.8) is 0 Å². The van der Waals surface area contributed by atoms with Crippen LogP contribution in [0.15, 0.2) is 47.6 Å². The van der Waals surface area contributed by atoms with E-state index in [9.17, 15) is 4.79 Å². The molecule has 2 heterocycles. The molecule has 0 saturated carbocycles.